The van der Waals surface area contributed by atoms with Crippen molar-refractivity contribution < 1.29 is 4.79 Å². The number of nitrogens with one attached hydrogen (secondary N) is 1. The minimum atomic E-state index is -0.461. The van der Waals surface area contributed by atoms with Gasteiger partial charge in [0.15, 0.2) is 0 Å². The van der Waals surface area contributed by atoms with Crippen LogP contribution >= 0.6 is 0 Å². The smallest absolute Gasteiger partial charge is 0.250 e. The molecule has 4 nitrogen and oxygen atoms in total. The van der Waals surface area contributed by atoms with Crippen LogP contribution in [0.25, 0.3) is 10.9 Å². The lowest BCUT2D eigenvalue weighted by molar-refractivity contribution is 0.100. The molecule has 0 aliphatic rings. The number of primary amides is 1. The molecule has 1 atom stereocenters. The van der Waals surface area contributed by atoms with Crippen molar-refractivity contribution >= 4 is 22.5 Å². The number of carbonyl (C=O) groups excluding carboxylic acids is 1. The summed E-state index contributed by atoms with van der Waals surface area (Å²) in [6, 6.07) is 14.0. The summed E-state index contributed by atoms with van der Waals surface area (Å²) in [5, 5.41) is 4.50. The van der Waals surface area contributed by atoms with Gasteiger partial charge in [-0.3, -0.25) is 9.78 Å². The summed E-state index contributed by atoms with van der Waals surface area (Å²) >= 11 is 0. The maximum atomic E-state index is 11.7. The SMILES string of the molecule is Cc1cc(N[C@@H](C)c2c(C)cccc2C)c2cccc(C(N)=O)c2n1. The van der Waals surface area contributed by atoms with Gasteiger partial charge in [0.1, 0.15) is 0 Å². The Morgan fingerprint density at radius 2 is 1.72 bits per heavy atom. The van der Waals surface area contributed by atoms with E-state index in [2.05, 4.69) is 49.3 Å². The van der Waals surface area contributed by atoms with Crippen LogP contribution in [-0.4, -0.2) is 10.9 Å². The van der Waals surface area contributed by atoms with E-state index in [1.165, 1.54) is 16.7 Å². The van der Waals surface area contributed by atoms with E-state index in [4.69, 9.17) is 5.73 Å². The molecule has 0 unspecified atom stereocenters. The Kier molecular flexibility index (Phi) is 4.45. The standard InChI is InChI=1S/C21H23N3O/c1-12-7-5-8-13(2)19(12)15(4)24-18-11-14(3)23-20-16(18)9-6-10-17(20)21(22)25/h5-11,15H,1-4H3,(H2,22,25)(H,23,24)/t15-/m0/s1. The number of nitrogens with two attached hydrogens (primary N) is 1. The second-order valence-corrected chi connectivity index (χ2v) is 6.55. The summed E-state index contributed by atoms with van der Waals surface area (Å²) in [4.78, 5) is 16.3. The number of nitrogens with zero attached hydrogens (tertiary/aromatic N) is 1. The fourth-order valence-corrected chi connectivity index (χ4v) is 3.51. The highest BCUT2D eigenvalue weighted by Crippen LogP contribution is 2.30. The van der Waals surface area contributed by atoms with Crippen molar-refractivity contribution in [3.8, 4) is 0 Å². The summed E-state index contributed by atoms with van der Waals surface area (Å²) in [7, 11) is 0. The van der Waals surface area contributed by atoms with Crippen molar-refractivity contribution in [2.75, 3.05) is 5.32 Å². The van der Waals surface area contributed by atoms with Gasteiger partial charge in [0.05, 0.1) is 11.1 Å². The van der Waals surface area contributed by atoms with Crippen LogP contribution in [0.2, 0.25) is 0 Å². The number of anilines is 1. The molecular weight excluding hydrogens is 310 g/mol. The molecule has 1 amide bonds. The van der Waals surface area contributed by atoms with Gasteiger partial charge >= 0.3 is 0 Å². The fourth-order valence-electron chi connectivity index (χ4n) is 3.51. The first-order valence-electron chi connectivity index (χ1n) is 8.41. The number of pyridine rings is 1. The molecule has 1 aromatic heterocycles. The molecule has 0 spiro atoms. The maximum Gasteiger partial charge on any atom is 0.250 e. The van der Waals surface area contributed by atoms with E-state index in [9.17, 15) is 4.79 Å². The number of benzene rings is 2. The molecule has 0 bridgehead atoms. The van der Waals surface area contributed by atoms with Crippen molar-refractivity contribution in [2.24, 2.45) is 5.73 Å². The minimum absolute atomic E-state index is 0.128. The molecule has 1 heterocycles. The average Bonchev–Trinajstić information content (AvgIpc) is 2.53. The number of amides is 1. The molecule has 3 N–H and O–H groups in total. The molecular formula is C21H23N3O. The van der Waals surface area contributed by atoms with Crippen LogP contribution in [-0.2, 0) is 0 Å². The molecule has 2 aromatic carbocycles. The number of para-hydroxylation sites is 1. The van der Waals surface area contributed by atoms with Crippen molar-refractivity contribution in [1.29, 1.82) is 0 Å². The molecule has 0 saturated heterocycles. The predicted molar refractivity (Wildman–Crippen MR) is 103 cm³/mol. The van der Waals surface area contributed by atoms with Gasteiger partial charge in [0.2, 0.25) is 0 Å². The first kappa shape index (κ1) is 17.0. The third kappa shape index (κ3) is 3.20. The summed E-state index contributed by atoms with van der Waals surface area (Å²) in [6.07, 6.45) is 0. The van der Waals surface area contributed by atoms with Gasteiger partial charge in [-0.05, 0) is 56.5 Å². The van der Waals surface area contributed by atoms with Crippen molar-refractivity contribution in [2.45, 2.75) is 33.7 Å². The second-order valence-electron chi connectivity index (χ2n) is 6.55. The van der Waals surface area contributed by atoms with Crippen LogP contribution in [0.3, 0.4) is 0 Å². The fraction of sp³-hybridized carbons (Fsp3) is 0.238. The topological polar surface area (TPSA) is 68.0 Å². The van der Waals surface area contributed by atoms with E-state index in [1.807, 2.05) is 25.1 Å². The molecule has 128 valence electrons. The molecule has 0 fully saturated rings. The van der Waals surface area contributed by atoms with Gasteiger partial charge in [-0.15, -0.1) is 0 Å². The van der Waals surface area contributed by atoms with E-state index in [0.29, 0.717) is 11.1 Å². The Bertz CT molecular complexity index is 943. The van der Waals surface area contributed by atoms with Crippen LogP contribution < -0.4 is 11.1 Å². The summed E-state index contributed by atoms with van der Waals surface area (Å²) in [5.41, 5.74) is 12.2. The van der Waals surface area contributed by atoms with Crippen LogP contribution in [0.5, 0.6) is 0 Å². The van der Waals surface area contributed by atoms with E-state index < -0.39 is 5.91 Å². The largest absolute Gasteiger partial charge is 0.378 e. The Balaban J connectivity index is 2.10. The zero-order valence-corrected chi connectivity index (χ0v) is 15.1. The highest BCUT2D eigenvalue weighted by Gasteiger charge is 2.15. The van der Waals surface area contributed by atoms with Gasteiger partial charge in [0.25, 0.3) is 5.91 Å². The molecule has 0 radical (unpaired) electrons. The molecule has 0 saturated carbocycles. The van der Waals surface area contributed by atoms with Gasteiger partial charge < -0.3 is 11.1 Å². The third-order valence-corrected chi connectivity index (χ3v) is 4.58. The predicted octanol–water partition coefficient (Wildman–Crippen LogP) is 4.43. The molecule has 3 rings (SSSR count). The van der Waals surface area contributed by atoms with E-state index in [1.54, 1.807) is 6.07 Å². The number of rotatable bonds is 4. The Hall–Kier alpha value is -2.88. The summed E-state index contributed by atoms with van der Waals surface area (Å²) in [5.74, 6) is -0.461. The zero-order chi connectivity index (χ0) is 18.1. The highest BCUT2D eigenvalue weighted by molar-refractivity contribution is 6.07. The highest BCUT2D eigenvalue weighted by atomic mass is 16.1. The van der Waals surface area contributed by atoms with Gasteiger partial charge in [-0.2, -0.15) is 0 Å². The lowest BCUT2D eigenvalue weighted by Gasteiger charge is -2.21. The second kappa shape index (κ2) is 6.55. The zero-order valence-electron chi connectivity index (χ0n) is 15.1. The molecule has 0 aliphatic carbocycles. The number of hydrogen-bond donors (Lipinski definition) is 2. The van der Waals surface area contributed by atoms with Crippen LogP contribution in [0.1, 0.15) is 45.7 Å². The van der Waals surface area contributed by atoms with Gasteiger partial charge in [0, 0.05) is 22.8 Å². The average molecular weight is 333 g/mol. The number of carbonyl (C=O) groups is 1. The maximum absolute atomic E-state index is 11.7. The van der Waals surface area contributed by atoms with Crippen molar-refractivity contribution in [3.05, 3.63) is 70.4 Å². The lowest BCUT2D eigenvalue weighted by Crippen LogP contribution is -2.13. The van der Waals surface area contributed by atoms with E-state index in [-0.39, 0.29) is 6.04 Å². The Labute approximate surface area is 148 Å². The van der Waals surface area contributed by atoms with Crippen molar-refractivity contribution in [3.63, 3.8) is 0 Å². The lowest BCUT2D eigenvalue weighted by atomic mass is 9.96. The quantitative estimate of drug-likeness (QED) is 0.742. The third-order valence-electron chi connectivity index (χ3n) is 4.58. The van der Waals surface area contributed by atoms with Crippen LogP contribution in [0.4, 0.5) is 5.69 Å². The number of aryl methyl sites for hydroxylation is 3. The van der Waals surface area contributed by atoms with Gasteiger partial charge in [-0.1, -0.05) is 30.3 Å². The minimum Gasteiger partial charge on any atom is -0.378 e. The number of aromatic nitrogens is 1. The monoisotopic (exact) mass is 333 g/mol. The van der Waals surface area contributed by atoms with Crippen LogP contribution in [0, 0.1) is 20.8 Å². The normalized spacial score (nSPS) is 12.2. The molecule has 3 aromatic rings. The van der Waals surface area contributed by atoms with Crippen LogP contribution in [0.15, 0.2) is 42.5 Å². The molecule has 0 aliphatic heterocycles. The van der Waals surface area contributed by atoms with E-state index in [0.717, 1.165) is 16.8 Å². The molecule has 25 heavy (non-hydrogen) atoms. The van der Waals surface area contributed by atoms with Crippen molar-refractivity contribution in [1.82, 2.24) is 4.98 Å². The number of hydrogen-bond acceptors (Lipinski definition) is 3. The summed E-state index contributed by atoms with van der Waals surface area (Å²) < 4.78 is 0. The Morgan fingerprint density at radius 3 is 2.36 bits per heavy atom. The van der Waals surface area contributed by atoms with Gasteiger partial charge in [-0.25, -0.2) is 0 Å². The Morgan fingerprint density at radius 1 is 1.08 bits per heavy atom. The summed E-state index contributed by atoms with van der Waals surface area (Å²) in [6.45, 7) is 8.32. The first-order valence-corrected chi connectivity index (χ1v) is 8.41. The number of fused-ring (bicyclic) bond motifs is 1. The molecule has 4 heteroatoms. The first-order chi connectivity index (χ1) is 11.9. The van der Waals surface area contributed by atoms with E-state index >= 15 is 0 Å².